The SMILES string of the molecule is FC(F)(F)CNCc1ccc2cc[nH]c2c1. The first-order valence-corrected chi connectivity index (χ1v) is 4.88. The molecule has 0 saturated heterocycles. The predicted octanol–water partition coefficient (Wildman–Crippen LogP) is 2.82. The van der Waals surface area contributed by atoms with Gasteiger partial charge in [0, 0.05) is 18.3 Å². The van der Waals surface area contributed by atoms with E-state index in [0.29, 0.717) is 0 Å². The van der Waals surface area contributed by atoms with Gasteiger partial charge in [-0.25, -0.2) is 0 Å². The van der Waals surface area contributed by atoms with Crippen LogP contribution in [-0.2, 0) is 6.54 Å². The number of hydrogen-bond acceptors (Lipinski definition) is 1. The van der Waals surface area contributed by atoms with Crippen molar-refractivity contribution in [2.24, 2.45) is 0 Å². The summed E-state index contributed by atoms with van der Waals surface area (Å²) < 4.78 is 35.7. The van der Waals surface area contributed by atoms with Crippen LogP contribution in [0.15, 0.2) is 30.5 Å². The van der Waals surface area contributed by atoms with Gasteiger partial charge in [-0.05, 0) is 23.1 Å². The zero-order chi connectivity index (χ0) is 11.6. The van der Waals surface area contributed by atoms with E-state index >= 15 is 0 Å². The zero-order valence-corrected chi connectivity index (χ0v) is 8.43. The lowest BCUT2D eigenvalue weighted by atomic mass is 10.1. The van der Waals surface area contributed by atoms with E-state index in [1.165, 1.54) is 0 Å². The number of aromatic amines is 1. The van der Waals surface area contributed by atoms with Gasteiger partial charge in [0.15, 0.2) is 0 Å². The molecule has 0 amide bonds. The third-order valence-electron chi connectivity index (χ3n) is 2.27. The van der Waals surface area contributed by atoms with Crippen molar-refractivity contribution in [2.75, 3.05) is 6.54 Å². The maximum absolute atomic E-state index is 11.9. The quantitative estimate of drug-likeness (QED) is 0.830. The van der Waals surface area contributed by atoms with E-state index in [9.17, 15) is 13.2 Å². The highest BCUT2D eigenvalue weighted by atomic mass is 19.4. The Morgan fingerprint density at radius 1 is 1.19 bits per heavy atom. The molecule has 0 fully saturated rings. The Labute approximate surface area is 90.5 Å². The molecular formula is C11H11F3N2. The Hall–Kier alpha value is -1.49. The summed E-state index contributed by atoms with van der Waals surface area (Å²) in [4.78, 5) is 3.02. The van der Waals surface area contributed by atoms with Gasteiger partial charge < -0.3 is 10.3 Å². The molecule has 0 aliphatic carbocycles. The Morgan fingerprint density at radius 3 is 2.75 bits per heavy atom. The molecule has 2 nitrogen and oxygen atoms in total. The molecule has 1 heterocycles. The molecule has 0 radical (unpaired) electrons. The van der Waals surface area contributed by atoms with E-state index in [2.05, 4.69) is 10.3 Å². The molecule has 2 rings (SSSR count). The van der Waals surface area contributed by atoms with E-state index in [0.717, 1.165) is 16.5 Å². The first-order chi connectivity index (χ1) is 7.54. The molecule has 1 aromatic heterocycles. The van der Waals surface area contributed by atoms with Gasteiger partial charge >= 0.3 is 6.18 Å². The molecule has 0 aliphatic heterocycles. The van der Waals surface area contributed by atoms with Crippen LogP contribution in [0.3, 0.4) is 0 Å². The van der Waals surface area contributed by atoms with Crippen molar-refractivity contribution in [1.82, 2.24) is 10.3 Å². The molecule has 2 N–H and O–H groups in total. The van der Waals surface area contributed by atoms with E-state index in [4.69, 9.17) is 0 Å². The van der Waals surface area contributed by atoms with Crippen LogP contribution in [0.5, 0.6) is 0 Å². The van der Waals surface area contributed by atoms with Crippen LogP contribution in [0.2, 0.25) is 0 Å². The molecule has 0 aliphatic rings. The highest BCUT2D eigenvalue weighted by Gasteiger charge is 2.25. The number of rotatable bonds is 3. The number of benzene rings is 1. The number of halogens is 3. The summed E-state index contributed by atoms with van der Waals surface area (Å²) in [6.45, 7) is -0.746. The molecule has 16 heavy (non-hydrogen) atoms. The summed E-state index contributed by atoms with van der Waals surface area (Å²) >= 11 is 0. The average molecular weight is 228 g/mol. The summed E-state index contributed by atoms with van der Waals surface area (Å²) in [5.74, 6) is 0. The van der Waals surface area contributed by atoms with E-state index in [1.54, 1.807) is 6.20 Å². The molecule has 0 bridgehead atoms. The third-order valence-corrected chi connectivity index (χ3v) is 2.27. The highest BCUT2D eigenvalue weighted by molar-refractivity contribution is 5.79. The standard InChI is InChI=1S/C11H11F3N2/c12-11(13,14)7-15-6-8-1-2-9-3-4-16-10(9)5-8/h1-5,15-16H,6-7H2. The fraction of sp³-hybridized carbons (Fsp3) is 0.273. The van der Waals surface area contributed by atoms with Crippen molar-refractivity contribution in [3.8, 4) is 0 Å². The maximum atomic E-state index is 11.9. The van der Waals surface area contributed by atoms with E-state index < -0.39 is 12.7 Å². The van der Waals surface area contributed by atoms with Gasteiger partial charge in [-0.1, -0.05) is 12.1 Å². The number of alkyl halides is 3. The fourth-order valence-corrected chi connectivity index (χ4v) is 1.55. The second-order valence-electron chi connectivity index (χ2n) is 3.62. The Balaban J connectivity index is 1.99. The Kier molecular flexibility index (Phi) is 2.87. The second-order valence-corrected chi connectivity index (χ2v) is 3.62. The summed E-state index contributed by atoms with van der Waals surface area (Å²) in [5.41, 5.74) is 1.77. The topological polar surface area (TPSA) is 27.8 Å². The Bertz CT molecular complexity index is 473. The number of nitrogens with one attached hydrogen (secondary N) is 2. The normalized spacial score (nSPS) is 12.2. The van der Waals surface area contributed by atoms with Crippen LogP contribution in [0.1, 0.15) is 5.56 Å². The summed E-state index contributed by atoms with van der Waals surface area (Å²) in [7, 11) is 0. The smallest absolute Gasteiger partial charge is 0.361 e. The average Bonchev–Trinajstić information content (AvgIpc) is 2.62. The van der Waals surface area contributed by atoms with Crippen molar-refractivity contribution in [1.29, 1.82) is 0 Å². The minimum atomic E-state index is -4.16. The number of H-pyrrole nitrogens is 1. The van der Waals surface area contributed by atoms with Crippen LogP contribution in [0.4, 0.5) is 13.2 Å². The van der Waals surface area contributed by atoms with Crippen molar-refractivity contribution in [2.45, 2.75) is 12.7 Å². The molecule has 0 spiro atoms. The lowest BCUT2D eigenvalue weighted by Gasteiger charge is -2.08. The highest BCUT2D eigenvalue weighted by Crippen LogP contribution is 2.15. The molecular weight excluding hydrogens is 217 g/mol. The molecule has 5 heteroatoms. The molecule has 2 aromatic rings. The maximum Gasteiger partial charge on any atom is 0.401 e. The summed E-state index contributed by atoms with van der Waals surface area (Å²) in [5, 5.41) is 3.41. The lowest BCUT2D eigenvalue weighted by Crippen LogP contribution is -2.28. The molecule has 0 unspecified atom stereocenters. The number of fused-ring (bicyclic) bond motifs is 1. The van der Waals surface area contributed by atoms with Crippen LogP contribution >= 0.6 is 0 Å². The largest absolute Gasteiger partial charge is 0.401 e. The second kappa shape index (κ2) is 4.17. The third kappa shape index (κ3) is 2.76. The van der Waals surface area contributed by atoms with Crippen molar-refractivity contribution >= 4 is 10.9 Å². The van der Waals surface area contributed by atoms with Gasteiger partial charge in [0.25, 0.3) is 0 Å². The van der Waals surface area contributed by atoms with E-state index in [1.807, 2.05) is 24.3 Å². The van der Waals surface area contributed by atoms with Crippen molar-refractivity contribution in [3.63, 3.8) is 0 Å². The number of aromatic nitrogens is 1. The van der Waals surface area contributed by atoms with Crippen LogP contribution in [0, 0.1) is 0 Å². The first-order valence-electron chi connectivity index (χ1n) is 4.88. The summed E-state index contributed by atoms with van der Waals surface area (Å²) in [6.07, 6.45) is -2.35. The van der Waals surface area contributed by atoms with Gasteiger partial charge in [0.1, 0.15) is 0 Å². The number of hydrogen-bond donors (Lipinski definition) is 2. The van der Waals surface area contributed by atoms with Gasteiger partial charge in [-0.2, -0.15) is 13.2 Å². The molecule has 0 saturated carbocycles. The minimum Gasteiger partial charge on any atom is -0.361 e. The predicted molar refractivity (Wildman–Crippen MR) is 56.1 cm³/mol. The van der Waals surface area contributed by atoms with Crippen molar-refractivity contribution in [3.05, 3.63) is 36.0 Å². The zero-order valence-electron chi connectivity index (χ0n) is 8.43. The van der Waals surface area contributed by atoms with Gasteiger partial charge in [0.2, 0.25) is 0 Å². The Morgan fingerprint density at radius 2 is 2.00 bits per heavy atom. The monoisotopic (exact) mass is 228 g/mol. The van der Waals surface area contributed by atoms with Gasteiger partial charge in [-0.15, -0.1) is 0 Å². The van der Waals surface area contributed by atoms with E-state index in [-0.39, 0.29) is 6.54 Å². The van der Waals surface area contributed by atoms with Crippen LogP contribution in [0.25, 0.3) is 10.9 Å². The fourth-order valence-electron chi connectivity index (χ4n) is 1.55. The molecule has 0 atom stereocenters. The molecule has 1 aromatic carbocycles. The van der Waals surface area contributed by atoms with Crippen molar-refractivity contribution < 1.29 is 13.2 Å². The molecule has 86 valence electrons. The van der Waals surface area contributed by atoms with Crippen LogP contribution < -0.4 is 5.32 Å². The van der Waals surface area contributed by atoms with Gasteiger partial charge in [-0.3, -0.25) is 0 Å². The minimum absolute atomic E-state index is 0.217. The van der Waals surface area contributed by atoms with Crippen LogP contribution in [-0.4, -0.2) is 17.7 Å². The summed E-state index contributed by atoms with van der Waals surface area (Å²) in [6, 6.07) is 7.47. The van der Waals surface area contributed by atoms with Gasteiger partial charge in [0.05, 0.1) is 6.54 Å². The first kappa shape index (κ1) is 11.0. The lowest BCUT2D eigenvalue weighted by molar-refractivity contribution is -0.125.